The molecule has 1 aliphatic rings. The fourth-order valence-electron chi connectivity index (χ4n) is 2.33. The SMILES string of the molecule is CC(Oc1ccccc1Cl)C(=O)N1CCCCCC1. The molecular weight excluding hydrogens is 262 g/mol. The first kappa shape index (κ1) is 14.2. The average molecular weight is 282 g/mol. The van der Waals surface area contributed by atoms with Crippen LogP contribution in [-0.4, -0.2) is 30.0 Å². The number of carbonyl (C=O) groups excluding carboxylic acids is 1. The molecule has 1 aromatic rings. The van der Waals surface area contributed by atoms with Crippen molar-refractivity contribution in [1.82, 2.24) is 4.90 Å². The molecule has 0 spiro atoms. The van der Waals surface area contributed by atoms with Crippen LogP contribution in [0, 0.1) is 0 Å². The molecule has 2 rings (SSSR count). The maximum absolute atomic E-state index is 12.3. The van der Waals surface area contributed by atoms with E-state index in [-0.39, 0.29) is 5.91 Å². The van der Waals surface area contributed by atoms with Gasteiger partial charge in [0.05, 0.1) is 5.02 Å². The number of nitrogens with zero attached hydrogens (tertiary/aromatic N) is 1. The zero-order valence-corrected chi connectivity index (χ0v) is 12.0. The Labute approximate surface area is 119 Å². The van der Waals surface area contributed by atoms with Gasteiger partial charge in [0.15, 0.2) is 6.10 Å². The van der Waals surface area contributed by atoms with Gasteiger partial charge in [-0.3, -0.25) is 4.79 Å². The lowest BCUT2D eigenvalue weighted by Crippen LogP contribution is -2.41. The molecule has 0 N–H and O–H groups in total. The molecule has 0 bridgehead atoms. The first-order chi connectivity index (χ1) is 9.18. The predicted octanol–water partition coefficient (Wildman–Crippen LogP) is 3.51. The molecule has 1 aliphatic heterocycles. The van der Waals surface area contributed by atoms with Crippen molar-refractivity contribution >= 4 is 17.5 Å². The first-order valence-electron chi connectivity index (χ1n) is 6.88. The van der Waals surface area contributed by atoms with Crippen LogP contribution in [0.1, 0.15) is 32.6 Å². The van der Waals surface area contributed by atoms with Gasteiger partial charge in [0.25, 0.3) is 5.91 Å². The number of hydrogen-bond acceptors (Lipinski definition) is 2. The molecule has 1 atom stereocenters. The third kappa shape index (κ3) is 3.87. The van der Waals surface area contributed by atoms with E-state index in [9.17, 15) is 4.79 Å². The lowest BCUT2D eigenvalue weighted by atomic mass is 10.2. The first-order valence-corrected chi connectivity index (χ1v) is 7.26. The molecule has 0 aliphatic carbocycles. The molecule has 4 heteroatoms. The standard InChI is InChI=1S/C15H20ClNO2/c1-12(19-14-9-5-4-8-13(14)16)15(18)17-10-6-2-3-7-11-17/h4-5,8-9,12H,2-3,6-7,10-11H2,1H3. The van der Waals surface area contributed by atoms with Gasteiger partial charge in [0, 0.05) is 13.1 Å². The Hall–Kier alpha value is -1.22. The number of rotatable bonds is 3. The zero-order chi connectivity index (χ0) is 13.7. The van der Waals surface area contributed by atoms with Gasteiger partial charge in [-0.2, -0.15) is 0 Å². The van der Waals surface area contributed by atoms with Crippen LogP contribution in [0.25, 0.3) is 0 Å². The summed E-state index contributed by atoms with van der Waals surface area (Å²) in [5, 5.41) is 0.540. The highest BCUT2D eigenvalue weighted by molar-refractivity contribution is 6.32. The average Bonchev–Trinajstić information content (AvgIpc) is 2.69. The van der Waals surface area contributed by atoms with Gasteiger partial charge in [-0.1, -0.05) is 36.6 Å². The van der Waals surface area contributed by atoms with Crippen molar-refractivity contribution < 1.29 is 9.53 Å². The number of para-hydroxylation sites is 1. The van der Waals surface area contributed by atoms with Crippen molar-refractivity contribution in [2.75, 3.05) is 13.1 Å². The maximum Gasteiger partial charge on any atom is 0.263 e. The number of halogens is 1. The van der Waals surface area contributed by atoms with Gasteiger partial charge in [-0.25, -0.2) is 0 Å². The Morgan fingerprint density at radius 1 is 1.21 bits per heavy atom. The van der Waals surface area contributed by atoms with Gasteiger partial charge in [-0.05, 0) is 31.9 Å². The van der Waals surface area contributed by atoms with Gasteiger partial charge >= 0.3 is 0 Å². The topological polar surface area (TPSA) is 29.5 Å². The highest BCUT2D eigenvalue weighted by atomic mass is 35.5. The van der Waals surface area contributed by atoms with E-state index in [1.165, 1.54) is 12.8 Å². The van der Waals surface area contributed by atoms with Gasteiger partial charge in [-0.15, -0.1) is 0 Å². The summed E-state index contributed by atoms with van der Waals surface area (Å²) in [7, 11) is 0. The molecule has 1 fully saturated rings. The van der Waals surface area contributed by atoms with E-state index in [1.807, 2.05) is 17.0 Å². The Morgan fingerprint density at radius 3 is 2.47 bits per heavy atom. The number of benzene rings is 1. The van der Waals surface area contributed by atoms with E-state index < -0.39 is 6.10 Å². The molecule has 0 saturated carbocycles. The summed E-state index contributed by atoms with van der Waals surface area (Å²) < 4.78 is 5.68. The molecule has 1 saturated heterocycles. The van der Waals surface area contributed by atoms with Crippen LogP contribution in [0.2, 0.25) is 5.02 Å². The fourth-order valence-corrected chi connectivity index (χ4v) is 2.51. The number of carbonyl (C=O) groups is 1. The molecule has 1 heterocycles. The van der Waals surface area contributed by atoms with Crippen LogP contribution < -0.4 is 4.74 Å². The lowest BCUT2D eigenvalue weighted by molar-refractivity contribution is -0.137. The summed E-state index contributed by atoms with van der Waals surface area (Å²) in [6, 6.07) is 7.25. The Balaban J connectivity index is 1.97. The highest BCUT2D eigenvalue weighted by Gasteiger charge is 2.23. The smallest absolute Gasteiger partial charge is 0.263 e. The summed E-state index contributed by atoms with van der Waals surface area (Å²) in [5.41, 5.74) is 0. The van der Waals surface area contributed by atoms with Crippen LogP contribution in [-0.2, 0) is 4.79 Å². The molecule has 3 nitrogen and oxygen atoms in total. The summed E-state index contributed by atoms with van der Waals surface area (Å²) >= 11 is 6.03. The van der Waals surface area contributed by atoms with Crippen molar-refractivity contribution in [3.8, 4) is 5.75 Å². The molecule has 0 aromatic heterocycles. The largest absolute Gasteiger partial charge is 0.479 e. The Kier molecular flexibility index (Phi) is 5.08. The van der Waals surface area contributed by atoms with Crippen molar-refractivity contribution in [2.24, 2.45) is 0 Å². The van der Waals surface area contributed by atoms with Crippen LogP contribution >= 0.6 is 11.6 Å². The highest BCUT2D eigenvalue weighted by Crippen LogP contribution is 2.24. The Bertz CT molecular complexity index is 428. The normalized spacial score (nSPS) is 17.7. The summed E-state index contributed by atoms with van der Waals surface area (Å²) in [4.78, 5) is 14.2. The second kappa shape index (κ2) is 6.80. The minimum Gasteiger partial charge on any atom is -0.479 e. The molecule has 0 radical (unpaired) electrons. The zero-order valence-electron chi connectivity index (χ0n) is 11.3. The number of amides is 1. The summed E-state index contributed by atoms with van der Waals surface area (Å²) in [5.74, 6) is 0.627. The Morgan fingerprint density at radius 2 is 1.84 bits per heavy atom. The second-order valence-electron chi connectivity index (χ2n) is 4.93. The second-order valence-corrected chi connectivity index (χ2v) is 5.34. The molecule has 19 heavy (non-hydrogen) atoms. The number of likely N-dealkylation sites (tertiary alicyclic amines) is 1. The van der Waals surface area contributed by atoms with Crippen molar-refractivity contribution in [3.63, 3.8) is 0 Å². The van der Waals surface area contributed by atoms with E-state index in [2.05, 4.69) is 0 Å². The third-order valence-corrected chi connectivity index (χ3v) is 3.72. The van der Waals surface area contributed by atoms with Gasteiger partial charge in [0.1, 0.15) is 5.75 Å². The van der Waals surface area contributed by atoms with Crippen molar-refractivity contribution in [2.45, 2.75) is 38.7 Å². The molecular formula is C15H20ClNO2. The van der Waals surface area contributed by atoms with E-state index in [4.69, 9.17) is 16.3 Å². The molecule has 1 unspecified atom stereocenters. The number of ether oxygens (including phenoxy) is 1. The van der Waals surface area contributed by atoms with Gasteiger partial charge < -0.3 is 9.64 Å². The fraction of sp³-hybridized carbons (Fsp3) is 0.533. The summed E-state index contributed by atoms with van der Waals surface area (Å²) in [6.07, 6.45) is 4.11. The lowest BCUT2D eigenvalue weighted by Gasteiger charge is -2.24. The predicted molar refractivity (Wildman–Crippen MR) is 76.6 cm³/mol. The monoisotopic (exact) mass is 281 g/mol. The van der Waals surface area contributed by atoms with Crippen LogP contribution in [0.15, 0.2) is 24.3 Å². The minimum absolute atomic E-state index is 0.0572. The van der Waals surface area contributed by atoms with Crippen LogP contribution in [0.3, 0.4) is 0 Å². The van der Waals surface area contributed by atoms with Crippen LogP contribution in [0.5, 0.6) is 5.75 Å². The molecule has 1 amide bonds. The minimum atomic E-state index is -0.488. The molecule has 1 aromatic carbocycles. The van der Waals surface area contributed by atoms with E-state index in [1.54, 1.807) is 19.1 Å². The number of hydrogen-bond donors (Lipinski definition) is 0. The van der Waals surface area contributed by atoms with Gasteiger partial charge in [0.2, 0.25) is 0 Å². The molecule has 104 valence electrons. The van der Waals surface area contributed by atoms with E-state index in [0.717, 1.165) is 25.9 Å². The van der Waals surface area contributed by atoms with Crippen molar-refractivity contribution in [1.29, 1.82) is 0 Å². The van der Waals surface area contributed by atoms with Crippen LogP contribution in [0.4, 0.5) is 0 Å². The van der Waals surface area contributed by atoms with Crippen molar-refractivity contribution in [3.05, 3.63) is 29.3 Å². The summed E-state index contributed by atoms with van der Waals surface area (Å²) in [6.45, 7) is 3.47. The maximum atomic E-state index is 12.3. The van der Waals surface area contributed by atoms with E-state index >= 15 is 0 Å². The van der Waals surface area contributed by atoms with E-state index in [0.29, 0.717) is 10.8 Å². The third-order valence-electron chi connectivity index (χ3n) is 3.41. The quantitative estimate of drug-likeness (QED) is 0.848.